The second-order valence-electron chi connectivity index (χ2n) is 6.31. The smallest absolute Gasteiger partial charge is 0.343 e. The van der Waals surface area contributed by atoms with Gasteiger partial charge in [-0.05, 0) is 48.5 Å². The fraction of sp³-hybridized carbons (Fsp3) is 0.0455. The predicted molar refractivity (Wildman–Crippen MR) is 118 cm³/mol. The van der Waals surface area contributed by atoms with Crippen LogP contribution < -0.4 is 14.9 Å². The van der Waals surface area contributed by atoms with Crippen molar-refractivity contribution in [1.82, 2.24) is 5.43 Å². The lowest BCUT2D eigenvalue weighted by Gasteiger charge is -2.08. The van der Waals surface area contributed by atoms with Crippen LogP contribution in [0.2, 0.25) is 5.02 Å². The number of nitro benzene ring substituents is 1. The van der Waals surface area contributed by atoms with E-state index in [9.17, 15) is 19.7 Å². The van der Waals surface area contributed by atoms with Crippen LogP contribution in [0.3, 0.4) is 0 Å². The van der Waals surface area contributed by atoms with Crippen LogP contribution in [-0.2, 0) is 0 Å². The molecule has 1 N–H and O–H groups in total. The minimum absolute atomic E-state index is 0.0212. The van der Waals surface area contributed by atoms with E-state index >= 15 is 0 Å². The van der Waals surface area contributed by atoms with Gasteiger partial charge in [0.05, 0.1) is 23.8 Å². The van der Waals surface area contributed by atoms with Gasteiger partial charge in [-0.25, -0.2) is 10.2 Å². The van der Waals surface area contributed by atoms with Gasteiger partial charge < -0.3 is 9.47 Å². The van der Waals surface area contributed by atoms with Gasteiger partial charge in [0, 0.05) is 28.3 Å². The molecule has 0 fully saturated rings. The lowest BCUT2D eigenvalue weighted by atomic mass is 10.2. The highest BCUT2D eigenvalue weighted by Crippen LogP contribution is 2.24. The van der Waals surface area contributed by atoms with E-state index in [1.807, 2.05) is 0 Å². The van der Waals surface area contributed by atoms with Crippen molar-refractivity contribution in [2.24, 2.45) is 5.10 Å². The summed E-state index contributed by atoms with van der Waals surface area (Å²) in [6.45, 7) is 0. The Morgan fingerprint density at radius 3 is 2.50 bits per heavy atom. The standard InChI is InChI=1S/C22H16ClN3O6/c1-31-19-4-2-3-15(12-19)22(28)32-20-10-9-18(26(29)30)11-16(20)13-24-25-21(27)14-5-7-17(23)8-6-14/h2-13H,1H3,(H,25,27)/b24-13+. The summed E-state index contributed by atoms with van der Waals surface area (Å²) < 4.78 is 10.5. The second-order valence-corrected chi connectivity index (χ2v) is 6.74. The first-order chi connectivity index (χ1) is 15.4. The van der Waals surface area contributed by atoms with Gasteiger partial charge in [0.1, 0.15) is 11.5 Å². The molecule has 9 nitrogen and oxygen atoms in total. The van der Waals surface area contributed by atoms with Crippen LogP contribution >= 0.6 is 11.6 Å². The number of carbonyl (C=O) groups is 2. The van der Waals surface area contributed by atoms with E-state index in [2.05, 4.69) is 10.5 Å². The van der Waals surface area contributed by atoms with Crippen molar-refractivity contribution < 1.29 is 24.0 Å². The first-order valence-electron chi connectivity index (χ1n) is 9.11. The Morgan fingerprint density at radius 1 is 1.06 bits per heavy atom. The van der Waals surface area contributed by atoms with Gasteiger partial charge in [-0.1, -0.05) is 17.7 Å². The van der Waals surface area contributed by atoms with Crippen molar-refractivity contribution in [2.45, 2.75) is 0 Å². The van der Waals surface area contributed by atoms with Crippen LogP contribution in [-0.4, -0.2) is 30.1 Å². The molecule has 0 aliphatic carbocycles. The number of nitro groups is 1. The Bertz CT molecular complexity index is 1190. The first-order valence-corrected chi connectivity index (χ1v) is 9.49. The Hall–Kier alpha value is -4.24. The van der Waals surface area contributed by atoms with Gasteiger partial charge >= 0.3 is 5.97 Å². The van der Waals surface area contributed by atoms with Gasteiger partial charge in [-0.3, -0.25) is 14.9 Å². The lowest BCUT2D eigenvalue weighted by molar-refractivity contribution is -0.384. The van der Waals surface area contributed by atoms with Gasteiger partial charge in [0.2, 0.25) is 0 Å². The summed E-state index contributed by atoms with van der Waals surface area (Å²) in [5.74, 6) is -0.723. The number of hydrogen-bond acceptors (Lipinski definition) is 7. The molecule has 0 heterocycles. The molecule has 0 unspecified atom stereocenters. The average molecular weight is 454 g/mol. The molecule has 3 aromatic carbocycles. The number of rotatable bonds is 7. The van der Waals surface area contributed by atoms with Crippen LogP contribution in [0, 0.1) is 10.1 Å². The summed E-state index contributed by atoms with van der Waals surface area (Å²) in [6, 6.07) is 16.1. The molecule has 3 rings (SSSR count). The van der Waals surface area contributed by atoms with Crippen molar-refractivity contribution >= 4 is 35.4 Å². The maximum Gasteiger partial charge on any atom is 0.343 e. The molecule has 0 atom stereocenters. The van der Waals surface area contributed by atoms with E-state index in [4.69, 9.17) is 21.1 Å². The number of amides is 1. The van der Waals surface area contributed by atoms with Crippen molar-refractivity contribution in [3.63, 3.8) is 0 Å². The molecule has 0 aliphatic rings. The SMILES string of the molecule is COc1cccc(C(=O)Oc2ccc([N+](=O)[O-])cc2/C=N/NC(=O)c2ccc(Cl)cc2)c1. The van der Waals surface area contributed by atoms with Gasteiger partial charge in [-0.15, -0.1) is 0 Å². The zero-order valence-electron chi connectivity index (χ0n) is 16.7. The fourth-order valence-electron chi connectivity index (χ4n) is 2.58. The fourth-order valence-corrected chi connectivity index (χ4v) is 2.70. The van der Waals surface area contributed by atoms with E-state index in [1.54, 1.807) is 24.3 Å². The number of hydrazone groups is 1. The normalized spacial score (nSPS) is 10.6. The number of nitrogens with one attached hydrogen (secondary N) is 1. The molecule has 0 aliphatic heterocycles. The number of benzene rings is 3. The highest BCUT2D eigenvalue weighted by molar-refractivity contribution is 6.30. The molecule has 0 saturated carbocycles. The maximum atomic E-state index is 12.5. The van der Waals surface area contributed by atoms with E-state index in [1.165, 1.54) is 49.6 Å². The third kappa shape index (κ3) is 5.67. The topological polar surface area (TPSA) is 120 Å². The van der Waals surface area contributed by atoms with E-state index < -0.39 is 16.8 Å². The van der Waals surface area contributed by atoms with Crippen molar-refractivity contribution in [1.29, 1.82) is 0 Å². The third-order valence-corrected chi connectivity index (χ3v) is 4.44. The Balaban J connectivity index is 1.81. The predicted octanol–water partition coefficient (Wildman–Crippen LogP) is 4.24. The van der Waals surface area contributed by atoms with Crippen LogP contribution in [0.25, 0.3) is 0 Å². The second kappa shape index (κ2) is 10.2. The molecule has 0 spiro atoms. The van der Waals surface area contributed by atoms with E-state index in [0.717, 1.165) is 6.21 Å². The number of halogens is 1. The summed E-state index contributed by atoms with van der Waals surface area (Å²) in [6.07, 6.45) is 1.15. The quantitative estimate of drug-likeness (QED) is 0.188. The minimum atomic E-state index is -0.697. The molecule has 0 aromatic heterocycles. The average Bonchev–Trinajstić information content (AvgIpc) is 2.80. The maximum absolute atomic E-state index is 12.5. The van der Waals surface area contributed by atoms with E-state index in [0.29, 0.717) is 16.3 Å². The molecule has 32 heavy (non-hydrogen) atoms. The highest BCUT2D eigenvalue weighted by Gasteiger charge is 2.16. The molecule has 1 amide bonds. The highest BCUT2D eigenvalue weighted by atomic mass is 35.5. The molecule has 3 aromatic rings. The number of hydrogen-bond donors (Lipinski definition) is 1. The van der Waals surface area contributed by atoms with Crippen LogP contribution in [0.4, 0.5) is 5.69 Å². The minimum Gasteiger partial charge on any atom is -0.497 e. The van der Waals surface area contributed by atoms with Crippen molar-refractivity contribution in [3.8, 4) is 11.5 Å². The number of ether oxygens (including phenoxy) is 2. The molecule has 0 radical (unpaired) electrons. The Labute approximate surface area is 187 Å². The molecular weight excluding hydrogens is 438 g/mol. The molecular formula is C22H16ClN3O6. The zero-order valence-corrected chi connectivity index (χ0v) is 17.4. The number of carbonyl (C=O) groups excluding carboxylic acids is 2. The van der Waals surface area contributed by atoms with Crippen LogP contribution in [0.15, 0.2) is 71.8 Å². The number of methoxy groups -OCH3 is 1. The van der Waals surface area contributed by atoms with Gasteiger partial charge in [-0.2, -0.15) is 5.10 Å². The number of non-ortho nitro benzene ring substituents is 1. The summed E-state index contributed by atoms with van der Waals surface area (Å²) in [7, 11) is 1.47. The molecule has 0 bridgehead atoms. The lowest BCUT2D eigenvalue weighted by Crippen LogP contribution is -2.17. The van der Waals surface area contributed by atoms with Gasteiger partial charge in [0.15, 0.2) is 0 Å². The number of esters is 1. The van der Waals surface area contributed by atoms with Gasteiger partial charge in [0.25, 0.3) is 11.6 Å². The van der Waals surface area contributed by atoms with E-state index in [-0.39, 0.29) is 22.6 Å². The number of nitrogens with zero attached hydrogens (tertiary/aromatic N) is 2. The molecule has 10 heteroatoms. The largest absolute Gasteiger partial charge is 0.497 e. The summed E-state index contributed by atoms with van der Waals surface area (Å²) in [5, 5.41) is 15.4. The summed E-state index contributed by atoms with van der Waals surface area (Å²) in [4.78, 5) is 35.2. The third-order valence-electron chi connectivity index (χ3n) is 4.19. The van der Waals surface area contributed by atoms with Crippen LogP contribution in [0.1, 0.15) is 26.3 Å². The Kier molecular flexibility index (Phi) is 7.14. The first kappa shape index (κ1) is 22.4. The van der Waals surface area contributed by atoms with Crippen LogP contribution in [0.5, 0.6) is 11.5 Å². The van der Waals surface area contributed by atoms with Crippen molar-refractivity contribution in [3.05, 3.63) is 98.6 Å². The molecule has 0 saturated heterocycles. The summed E-state index contributed by atoms with van der Waals surface area (Å²) >= 11 is 5.80. The van der Waals surface area contributed by atoms with Crippen molar-refractivity contribution in [2.75, 3.05) is 7.11 Å². The Morgan fingerprint density at radius 2 is 1.81 bits per heavy atom. The summed E-state index contributed by atoms with van der Waals surface area (Å²) in [5.41, 5.74) is 2.72. The monoisotopic (exact) mass is 453 g/mol. The zero-order chi connectivity index (χ0) is 23.1. The molecule has 162 valence electrons.